The normalized spacial score (nSPS) is 11.6. The fraction of sp³-hybridized carbons (Fsp3) is 0.238. The van der Waals surface area contributed by atoms with Gasteiger partial charge in [-0.15, -0.1) is 5.10 Å². The van der Waals surface area contributed by atoms with E-state index in [9.17, 15) is 0 Å². The molecule has 27 heavy (non-hydrogen) atoms. The molecule has 0 radical (unpaired) electrons. The zero-order valence-electron chi connectivity index (χ0n) is 15.4. The molecule has 4 aromatic rings. The van der Waals surface area contributed by atoms with E-state index in [1.807, 2.05) is 37.3 Å². The molecule has 138 valence electrons. The fourth-order valence-electron chi connectivity index (χ4n) is 3.08. The molecule has 5 nitrogen and oxygen atoms in total. The number of nitrogens with zero attached hydrogens (tertiary/aromatic N) is 4. The van der Waals surface area contributed by atoms with Crippen molar-refractivity contribution < 1.29 is 4.42 Å². The molecule has 0 atom stereocenters. The van der Waals surface area contributed by atoms with E-state index in [0.29, 0.717) is 23.2 Å². The number of rotatable bonds is 6. The van der Waals surface area contributed by atoms with Crippen LogP contribution in [0.15, 0.2) is 59.0 Å². The average molecular weight is 381 g/mol. The Balaban J connectivity index is 1.49. The second-order valence-electron chi connectivity index (χ2n) is 6.69. The lowest BCUT2D eigenvalue weighted by atomic mass is 10.1. The number of halogens is 1. The number of hydrogen-bond acceptors (Lipinski definition) is 4. The van der Waals surface area contributed by atoms with Crippen LogP contribution in [0, 0.1) is 6.92 Å². The van der Waals surface area contributed by atoms with Crippen molar-refractivity contribution in [3.63, 3.8) is 0 Å². The van der Waals surface area contributed by atoms with E-state index in [2.05, 4.69) is 46.3 Å². The molecule has 0 saturated heterocycles. The lowest BCUT2D eigenvalue weighted by Gasteiger charge is -2.15. The van der Waals surface area contributed by atoms with E-state index in [0.717, 1.165) is 30.0 Å². The van der Waals surface area contributed by atoms with E-state index in [-0.39, 0.29) is 0 Å². The molecule has 4 rings (SSSR count). The second kappa shape index (κ2) is 7.55. The van der Waals surface area contributed by atoms with Crippen LogP contribution in [0.4, 0.5) is 0 Å². The van der Waals surface area contributed by atoms with Gasteiger partial charge in [0.1, 0.15) is 5.76 Å². The minimum atomic E-state index is 0.494. The van der Waals surface area contributed by atoms with Crippen molar-refractivity contribution >= 4 is 17.4 Å². The number of oxazole rings is 1. The summed E-state index contributed by atoms with van der Waals surface area (Å²) < 4.78 is 7.72. The Morgan fingerprint density at radius 3 is 2.56 bits per heavy atom. The van der Waals surface area contributed by atoms with Gasteiger partial charge >= 0.3 is 5.84 Å². The lowest BCUT2D eigenvalue weighted by molar-refractivity contribution is 0.301. The van der Waals surface area contributed by atoms with Crippen molar-refractivity contribution in [2.24, 2.45) is 0 Å². The minimum Gasteiger partial charge on any atom is -0.425 e. The molecule has 0 spiro atoms. The number of benzene rings is 2. The summed E-state index contributed by atoms with van der Waals surface area (Å²) in [6.07, 6.45) is 1.00. The molecule has 0 saturated carbocycles. The highest BCUT2D eigenvalue weighted by molar-refractivity contribution is 6.33. The third kappa shape index (κ3) is 3.75. The van der Waals surface area contributed by atoms with Crippen LogP contribution in [0.25, 0.3) is 17.2 Å². The molecule has 0 aliphatic carbocycles. The Bertz CT molecular complexity index is 1050. The van der Waals surface area contributed by atoms with Gasteiger partial charge in [0.25, 0.3) is 0 Å². The third-order valence-corrected chi connectivity index (χ3v) is 5.00. The molecule has 0 unspecified atom stereocenters. The fourth-order valence-corrected chi connectivity index (χ4v) is 3.30. The summed E-state index contributed by atoms with van der Waals surface area (Å²) in [5.74, 6) is 1.95. The number of fused-ring (bicyclic) bond motifs is 1. The van der Waals surface area contributed by atoms with Crippen LogP contribution < -0.4 is 0 Å². The van der Waals surface area contributed by atoms with Crippen molar-refractivity contribution in [1.29, 1.82) is 0 Å². The van der Waals surface area contributed by atoms with Crippen molar-refractivity contribution in [1.82, 2.24) is 19.5 Å². The first-order valence-electron chi connectivity index (χ1n) is 8.94. The second-order valence-corrected chi connectivity index (χ2v) is 7.10. The Labute approximate surface area is 163 Å². The van der Waals surface area contributed by atoms with Crippen molar-refractivity contribution in [2.45, 2.75) is 19.9 Å². The summed E-state index contributed by atoms with van der Waals surface area (Å²) in [7, 11) is 2.09. The highest BCUT2D eigenvalue weighted by Crippen LogP contribution is 2.26. The molecule has 2 aromatic heterocycles. The molecule has 0 amide bonds. The zero-order valence-corrected chi connectivity index (χ0v) is 16.1. The van der Waals surface area contributed by atoms with E-state index in [4.69, 9.17) is 16.0 Å². The maximum atomic E-state index is 6.25. The summed E-state index contributed by atoms with van der Waals surface area (Å²) in [6, 6.07) is 18.0. The summed E-state index contributed by atoms with van der Waals surface area (Å²) in [6.45, 7) is 3.66. The highest BCUT2D eigenvalue weighted by atomic mass is 35.5. The van der Waals surface area contributed by atoms with Gasteiger partial charge in [0.05, 0.1) is 17.3 Å². The summed E-state index contributed by atoms with van der Waals surface area (Å²) in [5.41, 5.74) is 3.10. The average Bonchev–Trinajstić information content (AvgIpc) is 3.21. The van der Waals surface area contributed by atoms with Crippen LogP contribution in [0.3, 0.4) is 0 Å². The zero-order chi connectivity index (χ0) is 18.8. The monoisotopic (exact) mass is 380 g/mol. The topological polar surface area (TPSA) is 46.6 Å². The quantitative estimate of drug-likeness (QED) is 0.489. The van der Waals surface area contributed by atoms with Crippen LogP contribution >= 0.6 is 11.6 Å². The maximum Gasteiger partial charge on any atom is 0.325 e. The number of aromatic nitrogens is 3. The van der Waals surface area contributed by atoms with Gasteiger partial charge < -0.3 is 4.42 Å². The minimum absolute atomic E-state index is 0.494. The van der Waals surface area contributed by atoms with Crippen molar-refractivity contribution in [3.8, 4) is 11.4 Å². The molecular formula is C21H21ClN4O. The largest absolute Gasteiger partial charge is 0.425 e. The lowest BCUT2D eigenvalue weighted by Crippen LogP contribution is -2.21. The van der Waals surface area contributed by atoms with Gasteiger partial charge in [-0.2, -0.15) is 9.50 Å². The molecule has 0 N–H and O–H groups in total. The number of aryl methyl sites for hydroxylation is 1. The molecule has 2 aromatic carbocycles. The molecule has 0 aliphatic rings. The summed E-state index contributed by atoms with van der Waals surface area (Å²) in [4.78, 5) is 6.75. The Morgan fingerprint density at radius 2 is 1.81 bits per heavy atom. The van der Waals surface area contributed by atoms with E-state index in [1.165, 1.54) is 5.56 Å². The van der Waals surface area contributed by atoms with Crippen LogP contribution in [0.5, 0.6) is 0 Å². The van der Waals surface area contributed by atoms with Gasteiger partial charge in [-0.05, 0) is 38.1 Å². The first-order valence-corrected chi connectivity index (χ1v) is 9.32. The predicted octanol–water partition coefficient (Wildman–Crippen LogP) is 4.63. The molecule has 0 aliphatic heterocycles. The van der Waals surface area contributed by atoms with Crippen LogP contribution in [-0.2, 0) is 13.0 Å². The van der Waals surface area contributed by atoms with Crippen LogP contribution in [0.1, 0.15) is 17.0 Å². The van der Waals surface area contributed by atoms with Crippen molar-refractivity contribution in [3.05, 3.63) is 76.6 Å². The van der Waals surface area contributed by atoms with Gasteiger partial charge in [0, 0.05) is 12.1 Å². The number of likely N-dealkylation sites (N-methyl/N-ethyl adjacent to an activating group) is 1. The van der Waals surface area contributed by atoms with Gasteiger partial charge in [-0.3, -0.25) is 4.90 Å². The summed E-state index contributed by atoms with van der Waals surface area (Å²) in [5, 5.41) is 5.20. The van der Waals surface area contributed by atoms with E-state index < -0.39 is 0 Å². The number of hydrogen-bond donors (Lipinski definition) is 0. The standard InChI is InChI=1S/C21H21ClN4O/c1-15-19(14-25(2)13-12-16-8-4-3-5-9-16)27-21-23-20(24-26(15)21)17-10-6-7-11-18(17)22/h3-11H,12-14H2,1-2H3. The van der Waals surface area contributed by atoms with Crippen LogP contribution in [-0.4, -0.2) is 33.1 Å². The van der Waals surface area contributed by atoms with Gasteiger partial charge in [-0.25, -0.2) is 0 Å². The maximum absolute atomic E-state index is 6.25. The van der Waals surface area contributed by atoms with Crippen LogP contribution in [0.2, 0.25) is 5.02 Å². The smallest absolute Gasteiger partial charge is 0.325 e. The van der Waals surface area contributed by atoms with E-state index in [1.54, 1.807) is 4.52 Å². The molecule has 0 fully saturated rings. The molecule has 2 heterocycles. The molecule has 0 bridgehead atoms. The van der Waals surface area contributed by atoms with E-state index >= 15 is 0 Å². The van der Waals surface area contributed by atoms with Gasteiger partial charge in [-0.1, -0.05) is 54.1 Å². The first kappa shape index (κ1) is 17.8. The third-order valence-electron chi connectivity index (χ3n) is 4.67. The Kier molecular flexibility index (Phi) is 4.97. The van der Waals surface area contributed by atoms with Gasteiger partial charge in [0.15, 0.2) is 5.82 Å². The summed E-state index contributed by atoms with van der Waals surface area (Å²) >= 11 is 6.25. The van der Waals surface area contributed by atoms with Gasteiger partial charge in [0.2, 0.25) is 0 Å². The first-order chi connectivity index (χ1) is 13.1. The predicted molar refractivity (Wildman–Crippen MR) is 107 cm³/mol. The van der Waals surface area contributed by atoms with Crippen molar-refractivity contribution in [2.75, 3.05) is 13.6 Å². The molecule has 6 heteroatoms. The SMILES string of the molecule is Cc1c(CN(C)CCc2ccccc2)oc2nc(-c3ccccc3Cl)nn12. The molecular weight excluding hydrogens is 360 g/mol. The highest BCUT2D eigenvalue weighted by Gasteiger charge is 2.18. The Morgan fingerprint density at radius 1 is 1.07 bits per heavy atom. The Hall–Kier alpha value is -2.63.